The van der Waals surface area contributed by atoms with Gasteiger partial charge >= 0.3 is 0 Å². The lowest BCUT2D eigenvalue weighted by Gasteiger charge is -2.22. The molecule has 0 spiro atoms. The fraction of sp³-hybridized carbons (Fsp3) is 0.267. The van der Waals surface area contributed by atoms with Gasteiger partial charge in [0.05, 0.1) is 0 Å². The van der Waals surface area contributed by atoms with Crippen molar-refractivity contribution in [2.75, 3.05) is 18.5 Å². The molecule has 0 amide bonds. The fourth-order valence-electron chi connectivity index (χ4n) is 2.01. The highest BCUT2D eigenvalue weighted by Crippen LogP contribution is 2.23. The largest absolute Gasteiger partial charge is 0.327 e. The van der Waals surface area contributed by atoms with Gasteiger partial charge in [0.15, 0.2) is 0 Å². The molecule has 0 unspecified atom stereocenters. The standard InChI is InChI=1S/C15H19N3/c1-3-18(14-7-5-4-6-8-14)15-11-13(12-16-2)9-10-17-15/h4-11,16H,3,12H2,1-2H3. The minimum Gasteiger partial charge on any atom is -0.327 e. The third-order valence-corrected chi connectivity index (χ3v) is 2.85. The Hall–Kier alpha value is -1.87. The number of nitrogens with zero attached hydrogens (tertiary/aromatic N) is 2. The molecule has 0 aliphatic carbocycles. The van der Waals surface area contributed by atoms with Gasteiger partial charge in [0.1, 0.15) is 5.82 Å². The zero-order valence-electron chi connectivity index (χ0n) is 10.9. The lowest BCUT2D eigenvalue weighted by atomic mass is 10.2. The van der Waals surface area contributed by atoms with Crippen molar-refractivity contribution in [3.05, 3.63) is 54.2 Å². The van der Waals surface area contributed by atoms with Crippen LogP contribution in [0.4, 0.5) is 11.5 Å². The molecule has 18 heavy (non-hydrogen) atoms. The Labute approximate surface area is 108 Å². The van der Waals surface area contributed by atoms with Crippen LogP contribution in [0.3, 0.4) is 0 Å². The molecule has 0 saturated carbocycles. The summed E-state index contributed by atoms with van der Waals surface area (Å²) in [5.41, 5.74) is 2.42. The summed E-state index contributed by atoms with van der Waals surface area (Å²) in [4.78, 5) is 6.67. The Balaban J connectivity index is 2.30. The number of rotatable bonds is 5. The Bertz CT molecular complexity index is 482. The quantitative estimate of drug-likeness (QED) is 0.872. The van der Waals surface area contributed by atoms with Gasteiger partial charge in [0.2, 0.25) is 0 Å². The molecule has 3 nitrogen and oxygen atoms in total. The lowest BCUT2D eigenvalue weighted by Crippen LogP contribution is -2.17. The summed E-state index contributed by atoms with van der Waals surface area (Å²) in [7, 11) is 1.95. The first kappa shape index (κ1) is 12.6. The first-order valence-electron chi connectivity index (χ1n) is 6.27. The monoisotopic (exact) mass is 241 g/mol. The lowest BCUT2D eigenvalue weighted by molar-refractivity contribution is 0.814. The van der Waals surface area contributed by atoms with Crippen molar-refractivity contribution in [3.8, 4) is 0 Å². The third kappa shape index (κ3) is 2.87. The van der Waals surface area contributed by atoms with Crippen molar-refractivity contribution in [2.24, 2.45) is 0 Å². The number of pyridine rings is 1. The molecule has 3 heteroatoms. The highest BCUT2D eigenvalue weighted by Gasteiger charge is 2.08. The molecule has 2 rings (SSSR count). The molecule has 1 aromatic carbocycles. The molecular weight excluding hydrogens is 222 g/mol. The number of para-hydroxylation sites is 1. The number of nitrogens with one attached hydrogen (secondary N) is 1. The maximum atomic E-state index is 4.47. The van der Waals surface area contributed by atoms with Gasteiger partial charge in [-0.25, -0.2) is 4.98 Å². The van der Waals surface area contributed by atoms with Crippen molar-refractivity contribution in [1.82, 2.24) is 10.3 Å². The van der Waals surface area contributed by atoms with E-state index in [1.54, 1.807) is 0 Å². The zero-order chi connectivity index (χ0) is 12.8. The molecule has 0 radical (unpaired) electrons. The molecule has 1 heterocycles. The van der Waals surface area contributed by atoms with E-state index >= 15 is 0 Å². The van der Waals surface area contributed by atoms with Crippen LogP contribution in [0.2, 0.25) is 0 Å². The Morgan fingerprint density at radius 1 is 1.17 bits per heavy atom. The van der Waals surface area contributed by atoms with Gasteiger partial charge in [0.25, 0.3) is 0 Å². The van der Waals surface area contributed by atoms with E-state index in [0.717, 1.165) is 18.9 Å². The second kappa shape index (κ2) is 6.17. The van der Waals surface area contributed by atoms with E-state index in [4.69, 9.17) is 0 Å². The summed E-state index contributed by atoms with van der Waals surface area (Å²) in [6.45, 7) is 3.90. The van der Waals surface area contributed by atoms with Crippen LogP contribution in [-0.2, 0) is 6.54 Å². The molecule has 2 aromatic rings. The van der Waals surface area contributed by atoms with Crippen LogP contribution in [0.5, 0.6) is 0 Å². The summed E-state index contributed by atoms with van der Waals surface area (Å²) >= 11 is 0. The van der Waals surface area contributed by atoms with E-state index in [1.165, 1.54) is 11.3 Å². The van der Waals surface area contributed by atoms with Gasteiger partial charge in [0, 0.05) is 25.0 Å². The predicted octanol–water partition coefficient (Wildman–Crippen LogP) is 2.96. The molecule has 1 N–H and O–H groups in total. The molecule has 0 bridgehead atoms. The first-order valence-corrected chi connectivity index (χ1v) is 6.27. The molecule has 0 atom stereocenters. The second-order valence-electron chi connectivity index (χ2n) is 4.13. The minimum absolute atomic E-state index is 0.863. The number of hydrogen-bond donors (Lipinski definition) is 1. The van der Waals surface area contributed by atoms with Crippen LogP contribution in [0.25, 0.3) is 0 Å². The van der Waals surface area contributed by atoms with Gasteiger partial charge in [-0.3, -0.25) is 0 Å². The Kier molecular flexibility index (Phi) is 4.31. The van der Waals surface area contributed by atoms with E-state index in [9.17, 15) is 0 Å². The van der Waals surface area contributed by atoms with Crippen molar-refractivity contribution in [2.45, 2.75) is 13.5 Å². The van der Waals surface area contributed by atoms with Crippen LogP contribution in [-0.4, -0.2) is 18.6 Å². The highest BCUT2D eigenvalue weighted by molar-refractivity contribution is 5.60. The van der Waals surface area contributed by atoms with Crippen molar-refractivity contribution in [1.29, 1.82) is 0 Å². The summed E-state index contributed by atoms with van der Waals surface area (Å²) < 4.78 is 0. The molecule has 0 aliphatic rings. The number of aromatic nitrogens is 1. The van der Waals surface area contributed by atoms with E-state index in [1.807, 2.05) is 25.4 Å². The van der Waals surface area contributed by atoms with Crippen LogP contribution in [0.1, 0.15) is 12.5 Å². The average molecular weight is 241 g/mol. The molecule has 0 aliphatic heterocycles. The summed E-state index contributed by atoms with van der Waals surface area (Å²) in [6, 6.07) is 14.5. The van der Waals surface area contributed by atoms with Gasteiger partial charge in [-0.05, 0) is 43.8 Å². The van der Waals surface area contributed by atoms with Crippen molar-refractivity contribution < 1.29 is 0 Å². The minimum atomic E-state index is 0.863. The van der Waals surface area contributed by atoms with E-state index < -0.39 is 0 Å². The van der Waals surface area contributed by atoms with Crippen LogP contribution >= 0.6 is 0 Å². The SMILES string of the molecule is CCN(c1ccccc1)c1cc(CNC)ccn1. The van der Waals surface area contributed by atoms with E-state index in [2.05, 4.69) is 52.5 Å². The fourth-order valence-corrected chi connectivity index (χ4v) is 2.01. The maximum absolute atomic E-state index is 4.47. The third-order valence-electron chi connectivity index (χ3n) is 2.85. The molecular formula is C15H19N3. The van der Waals surface area contributed by atoms with Gasteiger partial charge in [-0.2, -0.15) is 0 Å². The summed E-state index contributed by atoms with van der Waals surface area (Å²) in [5.74, 6) is 0.997. The van der Waals surface area contributed by atoms with Crippen molar-refractivity contribution >= 4 is 11.5 Å². The summed E-state index contributed by atoms with van der Waals surface area (Å²) in [5, 5.41) is 3.16. The molecule has 0 saturated heterocycles. The summed E-state index contributed by atoms with van der Waals surface area (Å²) in [6.07, 6.45) is 1.87. The van der Waals surface area contributed by atoms with Crippen LogP contribution in [0, 0.1) is 0 Å². The van der Waals surface area contributed by atoms with Gasteiger partial charge in [-0.1, -0.05) is 18.2 Å². The van der Waals surface area contributed by atoms with Gasteiger partial charge < -0.3 is 10.2 Å². The second-order valence-corrected chi connectivity index (χ2v) is 4.13. The average Bonchev–Trinajstić information content (AvgIpc) is 2.42. The number of anilines is 2. The normalized spacial score (nSPS) is 10.3. The molecule has 1 aromatic heterocycles. The van der Waals surface area contributed by atoms with Crippen LogP contribution < -0.4 is 10.2 Å². The predicted molar refractivity (Wildman–Crippen MR) is 76.1 cm³/mol. The number of benzene rings is 1. The van der Waals surface area contributed by atoms with Crippen LogP contribution in [0.15, 0.2) is 48.7 Å². The molecule has 94 valence electrons. The van der Waals surface area contributed by atoms with Gasteiger partial charge in [-0.15, -0.1) is 0 Å². The first-order chi connectivity index (χ1) is 8.85. The highest BCUT2D eigenvalue weighted by atomic mass is 15.2. The Morgan fingerprint density at radius 3 is 2.61 bits per heavy atom. The van der Waals surface area contributed by atoms with Crippen molar-refractivity contribution in [3.63, 3.8) is 0 Å². The molecule has 0 fully saturated rings. The smallest absolute Gasteiger partial charge is 0.133 e. The van der Waals surface area contributed by atoms with E-state index in [0.29, 0.717) is 0 Å². The zero-order valence-corrected chi connectivity index (χ0v) is 10.9. The van der Waals surface area contributed by atoms with E-state index in [-0.39, 0.29) is 0 Å². The topological polar surface area (TPSA) is 28.2 Å². The number of hydrogen-bond acceptors (Lipinski definition) is 3. The Morgan fingerprint density at radius 2 is 1.94 bits per heavy atom. The maximum Gasteiger partial charge on any atom is 0.133 e.